The average molecular weight is 796 g/mol. The minimum atomic E-state index is -0.0271. The number of hydrogen-bond acceptors (Lipinski definition) is 4. The van der Waals surface area contributed by atoms with Crippen LogP contribution in [0.25, 0.3) is 20.2 Å². The molecule has 0 spiro atoms. The fourth-order valence-electron chi connectivity index (χ4n) is 11.8. The molecule has 12 rings (SSSR count). The summed E-state index contributed by atoms with van der Waals surface area (Å²) in [5.41, 5.74) is 18.7. The van der Waals surface area contributed by atoms with E-state index in [9.17, 15) is 0 Å². The highest BCUT2D eigenvalue weighted by Gasteiger charge is 2.61. The average Bonchev–Trinajstić information content (AvgIpc) is 3.72. The SMILES string of the molecule is Cc1cc2c3c(c1)N1c4c(cc(C(C)(C)C)cc4C4(C)CCCCC14C)B3c1ccc(N(c3ccccc3)c3ccccc3)cc1N2c1ccc2sc3ccccc3c2c1. The van der Waals surface area contributed by atoms with Gasteiger partial charge in [-0.25, -0.2) is 0 Å². The van der Waals surface area contributed by atoms with E-state index in [1.54, 1.807) is 5.56 Å². The van der Waals surface area contributed by atoms with Crippen molar-refractivity contribution >= 4 is 100 Å². The standard InChI is InChI=1S/C55H50BN3S/c1-35-29-47-51-48(30-35)59-52-43(54(5)27-15-16-28-55(54,59)6)31-36(53(2,3)4)32-45(52)56(51)44-25-23-40(57(37-17-9-7-10-18-37)38-19-11-8-12-20-38)34-46(44)58(47)39-24-26-50-42(33-39)41-21-13-14-22-49(41)60-50/h7-14,17-26,29-34H,15-16,27-28H2,1-6H3. The zero-order chi connectivity index (χ0) is 40.7. The molecule has 1 fully saturated rings. The zero-order valence-corrected chi connectivity index (χ0v) is 36.3. The van der Waals surface area contributed by atoms with Gasteiger partial charge in [-0.05, 0) is 138 Å². The third-order valence-electron chi connectivity index (χ3n) is 14.9. The summed E-state index contributed by atoms with van der Waals surface area (Å²) in [5.74, 6) is 0. The van der Waals surface area contributed by atoms with Crippen LogP contribution in [-0.4, -0.2) is 12.3 Å². The molecule has 2 unspecified atom stereocenters. The van der Waals surface area contributed by atoms with Gasteiger partial charge in [0.25, 0.3) is 6.71 Å². The summed E-state index contributed by atoms with van der Waals surface area (Å²) in [5, 5.41) is 2.64. The van der Waals surface area contributed by atoms with Crippen molar-refractivity contribution in [2.75, 3.05) is 14.7 Å². The normalized spacial score (nSPS) is 19.9. The number of hydrogen-bond donors (Lipinski definition) is 0. The maximum atomic E-state index is 2.87. The van der Waals surface area contributed by atoms with E-state index < -0.39 is 0 Å². The topological polar surface area (TPSA) is 9.72 Å². The van der Waals surface area contributed by atoms with Gasteiger partial charge in [-0.3, -0.25) is 0 Å². The third-order valence-corrected chi connectivity index (χ3v) is 16.1. The minimum absolute atomic E-state index is 0.00867. The monoisotopic (exact) mass is 795 g/mol. The van der Waals surface area contributed by atoms with Gasteiger partial charge in [-0.1, -0.05) is 113 Å². The smallest absolute Gasteiger partial charge is 0.252 e. The molecule has 0 bridgehead atoms. The molecule has 8 aromatic rings. The van der Waals surface area contributed by atoms with Crippen LogP contribution in [0.15, 0.2) is 146 Å². The predicted octanol–water partition coefficient (Wildman–Crippen LogP) is 13.5. The van der Waals surface area contributed by atoms with E-state index in [1.807, 2.05) is 11.3 Å². The minimum Gasteiger partial charge on any atom is -0.335 e. The van der Waals surface area contributed by atoms with Crippen molar-refractivity contribution in [2.24, 2.45) is 0 Å². The molecule has 5 heteroatoms. The summed E-state index contributed by atoms with van der Waals surface area (Å²) >= 11 is 1.89. The Morgan fingerprint density at radius 1 is 0.617 bits per heavy atom. The van der Waals surface area contributed by atoms with Gasteiger partial charge in [0.1, 0.15) is 0 Å². The highest BCUT2D eigenvalue weighted by molar-refractivity contribution is 7.25. The van der Waals surface area contributed by atoms with E-state index in [0.717, 1.165) is 17.1 Å². The number of benzene rings is 7. The van der Waals surface area contributed by atoms with Gasteiger partial charge in [0.05, 0.1) is 5.54 Å². The van der Waals surface area contributed by atoms with Crippen LogP contribution in [-0.2, 0) is 10.8 Å². The van der Waals surface area contributed by atoms with E-state index in [0.29, 0.717) is 0 Å². The van der Waals surface area contributed by atoms with Crippen LogP contribution in [0.3, 0.4) is 0 Å². The second kappa shape index (κ2) is 12.6. The largest absolute Gasteiger partial charge is 0.335 e. The first kappa shape index (κ1) is 36.1. The first-order valence-corrected chi connectivity index (χ1v) is 22.7. The highest BCUT2D eigenvalue weighted by Crippen LogP contribution is 2.62. The molecule has 0 radical (unpaired) electrons. The van der Waals surface area contributed by atoms with Gasteiger partial charge < -0.3 is 14.7 Å². The lowest BCUT2D eigenvalue weighted by Crippen LogP contribution is -2.64. The molecule has 2 atom stereocenters. The molecule has 0 saturated heterocycles. The molecule has 4 aliphatic rings. The number of thiophene rings is 1. The summed E-state index contributed by atoms with van der Waals surface area (Å²) in [6.07, 6.45) is 4.95. The maximum Gasteiger partial charge on any atom is 0.252 e. The summed E-state index contributed by atoms with van der Waals surface area (Å²) < 4.78 is 2.66. The van der Waals surface area contributed by atoms with E-state index in [-0.39, 0.29) is 23.1 Å². The van der Waals surface area contributed by atoms with Gasteiger partial charge >= 0.3 is 0 Å². The molecule has 3 nitrogen and oxygen atoms in total. The molecule has 0 N–H and O–H groups in total. The summed E-state index contributed by atoms with van der Waals surface area (Å²) in [6, 6.07) is 55.4. The second-order valence-corrected chi connectivity index (χ2v) is 20.5. The fourth-order valence-corrected chi connectivity index (χ4v) is 12.9. The van der Waals surface area contributed by atoms with Crippen LogP contribution in [0, 0.1) is 6.92 Å². The van der Waals surface area contributed by atoms with Crippen molar-refractivity contribution in [1.29, 1.82) is 0 Å². The zero-order valence-electron chi connectivity index (χ0n) is 35.5. The number of para-hydroxylation sites is 2. The Labute approximate surface area is 359 Å². The molecular weight excluding hydrogens is 746 g/mol. The molecule has 1 saturated carbocycles. The molecule has 0 amide bonds. The molecule has 1 aliphatic carbocycles. The van der Waals surface area contributed by atoms with Crippen molar-refractivity contribution in [1.82, 2.24) is 0 Å². The van der Waals surface area contributed by atoms with Crippen molar-refractivity contribution in [3.63, 3.8) is 0 Å². The number of aryl methyl sites for hydroxylation is 1. The Hall–Kier alpha value is -5.78. The van der Waals surface area contributed by atoms with Crippen LogP contribution in [0.1, 0.15) is 77.0 Å². The van der Waals surface area contributed by atoms with Crippen LogP contribution in [0.5, 0.6) is 0 Å². The summed E-state index contributed by atoms with van der Waals surface area (Å²) in [7, 11) is 0. The Balaban J connectivity index is 1.19. The van der Waals surface area contributed by atoms with Crippen LogP contribution >= 0.6 is 11.3 Å². The number of rotatable bonds is 4. The van der Waals surface area contributed by atoms with E-state index in [2.05, 4.69) is 202 Å². The van der Waals surface area contributed by atoms with Crippen LogP contribution < -0.4 is 31.1 Å². The van der Waals surface area contributed by atoms with Gasteiger partial charge in [0.15, 0.2) is 0 Å². The van der Waals surface area contributed by atoms with E-state index in [1.165, 1.54) is 102 Å². The molecule has 7 aromatic carbocycles. The predicted molar refractivity (Wildman–Crippen MR) is 260 cm³/mol. The van der Waals surface area contributed by atoms with Crippen molar-refractivity contribution in [3.8, 4) is 0 Å². The maximum absolute atomic E-state index is 2.87. The van der Waals surface area contributed by atoms with Gasteiger partial charge in [-0.15, -0.1) is 11.3 Å². The van der Waals surface area contributed by atoms with Crippen molar-refractivity contribution in [2.45, 2.75) is 83.6 Å². The molecule has 1 aromatic heterocycles. The van der Waals surface area contributed by atoms with Gasteiger partial charge in [-0.2, -0.15) is 0 Å². The number of fused-ring (bicyclic) bond motifs is 10. The lowest BCUT2D eigenvalue weighted by atomic mass is 9.33. The summed E-state index contributed by atoms with van der Waals surface area (Å²) in [4.78, 5) is 7.91. The fraction of sp³-hybridized carbons (Fsp3) is 0.236. The van der Waals surface area contributed by atoms with Crippen molar-refractivity contribution in [3.05, 3.63) is 162 Å². The lowest BCUT2D eigenvalue weighted by Gasteiger charge is -2.53. The van der Waals surface area contributed by atoms with Crippen molar-refractivity contribution < 1.29 is 0 Å². The number of nitrogens with zero attached hydrogens (tertiary/aromatic N) is 3. The Morgan fingerprint density at radius 2 is 1.30 bits per heavy atom. The van der Waals surface area contributed by atoms with E-state index in [4.69, 9.17) is 0 Å². The summed E-state index contributed by atoms with van der Waals surface area (Å²) in [6.45, 7) is 14.8. The molecule has 3 aliphatic heterocycles. The van der Waals surface area contributed by atoms with Gasteiger partial charge in [0.2, 0.25) is 0 Å². The first-order chi connectivity index (χ1) is 29.0. The van der Waals surface area contributed by atoms with Gasteiger partial charge in [0, 0.05) is 71.1 Å². The molecule has 60 heavy (non-hydrogen) atoms. The molecule has 4 heterocycles. The molecular formula is C55H50BN3S. The van der Waals surface area contributed by atoms with Crippen LogP contribution in [0.2, 0.25) is 0 Å². The quantitative estimate of drug-likeness (QED) is 0.164. The third kappa shape index (κ3) is 4.90. The van der Waals surface area contributed by atoms with Crippen LogP contribution in [0.4, 0.5) is 45.5 Å². The lowest BCUT2D eigenvalue weighted by molar-refractivity contribution is 0.195. The Kier molecular flexibility index (Phi) is 7.60. The second-order valence-electron chi connectivity index (χ2n) is 19.4. The number of anilines is 8. The molecule has 294 valence electrons. The Bertz CT molecular complexity index is 3020. The first-order valence-electron chi connectivity index (χ1n) is 21.9. The van der Waals surface area contributed by atoms with E-state index >= 15 is 0 Å². The Morgan fingerprint density at radius 3 is 2.05 bits per heavy atom. The highest BCUT2D eigenvalue weighted by atomic mass is 32.1.